The number of hydrogen-bond donors (Lipinski definition) is 1. The van der Waals surface area contributed by atoms with E-state index in [1.54, 1.807) is 6.92 Å². The summed E-state index contributed by atoms with van der Waals surface area (Å²) in [6.07, 6.45) is -0.391. The minimum atomic E-state index is -0.391. The van der Waals surface area contributed by atoms with Crippen LogP contribution in [0.1, 0.15) is 26.3 Å². The monoisotopic (exact) mass is 279 g/mol. The normalized spacial score (nSPS) is 13.8. The zero-order valence-corrected chi connectivity index (χ0v) is 12.2. The number of benzene rings is 1. The molecule has 0 bridgehead atoms. The van der Waals surface area contributed by atoms with Crippen molar-refractivity contribution in [2.24, 2.45) is 0 Å². The minimum absolute atomic E-state index is 0.220. The SMILES string of the molecule is CCOC(=O)NCC(C)(C)c1ccc2c(c1)OCCO2. The van der Waals surface area contributed by atoms with E-state index in [-0.39, 0.29) is 5.41 Å². The van der Waals surface area contributed by atoms with Crippen molar-refractivity contribution in [1.82, 2.24) is 5.32 Å². The van der Waals surface area contributed by atoms with Crippen LogP contribution in [0.25, 0.3) is 0 Å². The highest BCUT2D eigenvalue weighted by atomic mass is 16.6. The molecule has 5 heteroatoms. The molecule has 0 aromatic heterocycles. The van der Waals surface area contributed by atoms with Crippen molar-refractivity contribution in [3.63, 3.8) is 0 Å². The lowest BCUT2D eigenvalue weighted by atomic mass is 9.84. The van der Waals surface area contributed by atoms with E-state index in [4.69, 9.17) is 14.2 Å². The van der Waals surface area contributed by atoms with Gasteiger partial charge in [0.1, 0.15) is 13.2 Å². The van der Waals surface area contributed by atoms with Crippen LogP contribution in [0, 0.1) is 0 Å². The number of carbonyl (C=O) groups is 1. The maximum absolute atomic E-state index is 11.4. The second-order valence-electron chi connectivity index (χ2n) is 5.32. The summed E-state index contributed by atoms with van der Waals surface area (Å²) in [5, 5.41) is 2.77. The number of nitrogens with one attached hydrogen (secondary N) is 1. The quantitative estimate of drug-likeness (QED) is 0.920. The van der Waals surface area contributed by atoms with Gasteiger partial charge in [-0.05, 0) is 24.6 Å². The van der Waals surface area contributed by atoms with Crippen LogP contribution in [0.15, 0.2) is 18.2 Å². The topological polar surface area (TPSA) is 56.8 Å². The van der Waals surface area contributed by atoms with Crippen LogP contribution in [0.4, 0.5) is 4.79 Å². The van der Waals surface area contributed by atoms with E-state index in [9.17, 15) is 4.79 Å². The molecular weight excluding hydrogens is 258 g/mol. The van der Waals surface area contributed by atoms with Gasteiger partial charge < -0.3 is 19.5 Å². The van der Waals surface area contributed by atoms with Crippen LogP contribution in [-0.2, 0) is 10.2 Å². The molecule has 0 spiro atoms. The summed E-state index contributed by atoms with van der Waals surface area (Å²) in [7, 11) is 0. The largest absolute Gasteiger partial charge is 0.486 e. The Bertz CT molecular complexity index is 485. The van der Waals surface area contributed by atoms with Gasteiger partial charge in [0.2, 0.25) is 0 Å². The van der Waals surface area contributed by atoms with E-state index < -0.39 is 6.09 Å². The highest BCUT2D eigenvalue weighted by Crippen LogP contribution is 2.34. The van der Waals surface area contributed by atoms with E-state index in [1.165, 1.54) is 0 Å². The Kier molecular flexibility index (Phi) is 4.37. The van der Waals surface area contributed by atoms with Crippen molar-refractivity contribution in [3.05, 3.63) is 23.8 Å². The third kappa shape index (κ3) is 3.35. The van der Waals surface area contributed by atoms with Crippen LogP contribution >= 0.6 is 0 Å². The Morgan fingerprint density at radius 2 is 2.00 bits per heavy atom. The lowest BCUT2D eigenvalue weighted by molar-refractivity contribution is 0.150. The first-order chi connectivity index (χ1) is 9.53. The lowest BCUT2D eigenvalue weighted by Crippen LogP contribution is -2.37. The van der Waals surface area contributed by atoms with Gasteiger partial charge in [-0.2, -0.15) is 0 Å². The summed E-state index contributed by atoms with van der Waals surface area (Å²) >= 11 is 0. The van der Waals surface area contributed by atoms with Crippen LogP contribution in [0.5, 0.6) is 11.5 Å². The van der Waals surface area contributed by atoms with Gasteiger partial charge in [0.15, 0.2) is 11.5 Å². The summed E-state index contributed by atoms with van der Waals surface area (Å²) in [4.78, 5) is 11.4. The third-order valence-electron chi connectivity index (χ3n) is 3.27. The molecule has 0 unspecified atom stereocenters. The maximum Gasteiger partial charge on any atom is 0.407 e. The predicted molar refractivity (Wildman–Crippen MR) is 75.5 cm³/mol. The van der Waals surface area contributed by atoms with Gasteiger partial charge in [-0.3, -0.25) is 0 Å². The molecule has 1 amide bonds. The van der Waals surface area contributed by atoms with Crippen LogP contribution < -0.4 is 14.8 Å². The number of amides is 1. The number of fused-ring (bicyclic) bond motifs is 1. The van der Waals surface area contributed by atoms with E-state index in [1.807, 2.05) is 18.2 Å². The van der Waals surface area contributed by atoms with Gasteiger partial charge in [-0.1, -0.05) is 19.9 Å². The fourth-order valence-electron chi connectivity index (χ4n) is 2.04. The smallest absolute Gasteiger partial charge is 0.407 e. The highest BCUT2D eigenvalue weighted by Gasteiger charge is 2.24. The second-order valence-corrected chi connectivity index (χ2v) is 5.32. The first-order valence-electron chi connectivity index (χ1n) is 6.83. The van der Waals surface area contributed by atoms with Crippen molar-refractivity contribution in [2.45, 2.75) is 26.2 Å². The molecule has 0 radical (unpaired) electrons. The molecule has 2 rings (SSSR count). The van der Waals surface area contributed by atoms with E-state index in [0.29, 0.717) is 26.4 Å². The second kappa shape index (κ2) is 6.03. The molecule has 1 N–H and O–H groups in total. The van der Waals surface area contributed by atoms with Crippen molar-refractivity contribution in [3.8, 4) is 11.5 Å². The Morgan fingerprint density at radius 3 is 2.70 bits per heavy atom. The Balaban J connectivity index is 2.06. The molecule has 1 aliphatic rings. The number of carbonyl (C=O) groups excluding carboxylic acids is 1. The summed E-state index contributed by atoms with van der Waals surface area (Å²) in [5.74, 6) is 1.53. The molecule has 1 heterocycles. The van der Waals surface area contributed by atoms with Gasteiger partial charge in [0.25, 0.3) is 0 Å². The van der Waals surface area contributed by atoms with E-state index in [0.717, 1.165) is 17.1 Å². The summed E-state index contributed by atoms with van der Waals surface area (Å²) < 4.78 is 16.0. The molecule has 20 heavy (non-hydrogen) atoms. The zero-order chi connectivity index (χ0) is 14.6. The molecule has 110 valence electrons. The Morgan fingerprint density at radius 1 is 1.30 bits per heavy atom. The molecule has 0 atom stereocenters. The number of alkyl carbamates (subject to hydrolysis) is 1. The van der Waals surface area contributed by atoms with Gasteiger partial charge >= 0.3 is 6.09 Å². The van der Waals surface area contributed by atoms with Crippen LogP contribution in [0.2, 0.25) is 0 Å². The Hall–Kier alpha value is -1.91. The summed E-state index contributed by atoms with van der Waals surface area (Å²) in [6.45, 7) is 7.92. The first kappa shape index (κ1) is 14.5. The highest BCUT2D eigenvalue weighted by molar-refractivity contribution is 5.67. The van der Waals surface area contributed by atoms with Crippen molar-refractivity contribution in [1.29, 1.82) is 0 Å². The number of rotatable bonds is 4. The average Bonchev–Trinajstić information content (AvgIpc) is 2.45. The first-order valence-corrected chi connectivity index (χ1v) is 6.83. The fourth-order valence-corrected chi connectivity index (χ4v) is 2.04. The van der Waals surface area contributed by atoms with Crippen molar-refractivity contribution < 1.29 is 19.0 Å². The van der Waals surface area contributed by atoms with Gasteiger partial charge in [-0.15, -0.1) is 0 Å². The molecule has 1 aromatic carbocycles. The van der Waals surface area contributed by atoms with Gasteiger partial charge in [-0.25, -0.2) is 4.79 Å². The Labute approximate surface area is 119 Å². The molecule has 0 saturated carbocycles. The van der Waals surface area contributed by atoms with Crippen molar-refractivity contribution >= 4 is 6.09 Å². The number of ether oxygens (including phenoxy) is 3. The summed E-state index contributed by atoms with van der Waals surface area (Å²) in [6, 6.07) is 5.89. The average molecular weight is 279 g/mol. The molecule has 0 aliphatic carbocycles. The molecule has 0 saturated heterocycles. The zero-order valence-electron chi connectivity index (χ0n) is 12.2. The van der Waals surface area contributed by atoms with Gasteiger partial charge in [0, 0.05) is 12.0 Å². The van der Waals surface area contributed by atoms with E-state index >= 15 is 0 Å². The minimum Gasteiger partial charge on any atom is -0.486 e. The molecular formula is C15H21NO4. The molecule has 5 nitrogen and oxygen atoms in total. The standard InChI is InChI=1S/C15H21NO4/c1-4-18-14(17)16-10-15(2,3)11-5-6-12-13(9-11)20-8-7-19-12/h5-6,9H,4,7-8,10H2,1-3H3,(H,16,17). The predicted octanol–water partition coefficient (Wildman–Crippen LogP) is 2.48. The number of hydrogen-bond acceptors (Lipinski definition) is 4. The van der Waals surface area contributed by atoms with Crippen molar-refractivity contribution in [2.75, 3.05) is 26.4 Å². The van der Waals surface area contributed by atoms with Crippen LogP contribution in [0.3, 0.4) is 0 Å². The van der Waals surface area contributed by atoms with Gasteiger partial charge in [0.05, 0.1) is 6.61 Å². The fraction of sp³-hybridized carbons (Fsp3) is 0.533. The molecule has 0 fully saturated rings. The maximum atomic E-state index is 11.4. The van der Waals surface area contributed by atoms with E-state index in [2.05, 4.69) is 19.2 Å². The third-order valence-corrected chi connectivity index (χ3v) is 3.27. The lowest BCUT2D eigenvalue weighted by Gasteiger charge is -2.27. The molecule has 1 aromatic rings. The summed E-state index contributed by atoms with van der Waals surface area (Å²) in [5.41, 5.74) is 0.862. The molecule has 1 aliphatic heterocycles. The van der Waals surface area contributed by atoms with Crippen LogP contribution in [-0.4, -0.2) is 32.5 Å².